The molecule has 1 aromatic rings. The van der Waals surface area contributed by atoms with Gasteiger partial charge >= 0.3 is 5.97 Å². The SMILES string of the molecule is C[C@]1(I)CC=C2C(CCC3[C@](C)(C(=O)N[C@H](C(=O)O)c4ccccc4)CCC[C@@]23C)C1. The van der Waals surface area contributed by atoms with E-state index >= 15 is 0 Å². The second kappa shape index (κ2) is 8.20. The van der Waals surface area contributed by atoms with E-state index in [0.717, 1.165) is 38.5 Å². The summed E-state index contributed by atoms with van der Waals surface area (Å²) in [5.41, 5.74) is 1.68. The lowest BCUT2D eigenvalue weighted by molar-refractivity contribution is -0.149. The Balaban J connectivity index is 1.62. The predicted molar refractivity (Wildman–Crippen MR) is 131 cm³/mol. The van der Waals surface area contributed by atoms with E-state index in [1.165, 1.54) is 6.42 Å². The number of rotatable bonds is 4. The molecule has 2 unspecified atom stereocenters. The second-order valence-corrected chi connectivity index (χ2v) is 13.3. The van der Waals surface area contributed by atoms with Crippen LogP contribution in [-0.4, -0.2) is 20.4 Å². The third-order valence-electron chi connectivity index (χ3n) is 8.43. The quantitative estimate of drug-likeness (QED) is 0.280. The Morgan fingerprint density at radius 3 is 2.52 bits per heavy atom. The van der Waals surface area contributed by atoms with Gasteiger partial charge in [0.05, 0.1) is 5.41 Å². The van der Waals surface area contributed by atoms with Gasteiger partial charge in [-0.2, -0.15) is 0 Å². The van der Waals surface area contributed by atoms with Gasteiger partial charge in [-0.15, -0.1) is 0 Å². The standard InChI is InChI=1S/C26H34INO3/c1-24(27)15-12-19-18(16-24)10-11-20-25(19,2)13-7-14-26(20,3)23(31)28-21(22(29)30)17-8-5-4-6-9-17/h4-6,8-9,12,18,20-21H,7,10-11,13-16H2,1-3H3,(H,28,31)(H,29,30)/t18?,20?,21-,24-,25-,26+/m0/s1. The third kappa shape index (κ3) is 4.07. The molecule has 0 radical (unpaired) electrons. The molecule has 31 heavy (non-hydrogen) atoms. The number of allylic oxidation sites excluding steroid dienone is 2. The Bertz CT molecular complexity index is 895. The Hall–Kier alpha value is -1.37. The lowest BCUT2D eigenvalue weighted by atomic mass is 9.46. The van der Waals surface area contributed by atoms with E-state index in [-0.39, 0.29) is 17.2 Å². The maximum absolute atomic E-state index is 13.7. The van der Waals surface area contributed by atoms with Gasteiger partial charge in [0.2, 0.25) is 5.91 Å². The molecule has 3 aliphatic carbocycles. The highest BCUT2D eigenvalue weighted by atomic mass is 127. The van der Waals surface area contributed by atoms with Crippen molar-refractivity contribution in [3.05, 3.63) is 47.5 Å². The zero-order valence-electron chi connectivity index (χ0n) is 18.8. The number of benzene rings is 1. The molecule has 0 spiro atoms. The zero-order valence-corrected chi connectivity index (χ0v) is 20.9. The van der Waals surface area contributed by atoms with Gasteiger partial charge < -0.3 is 10.4 Å². The van der Waals surface area contributed by atoms with Crippen LogP contribution in [0.4, 0.5) is 0 Å². The third-order valence-corrected chi connectivity index (χ3v) is 9.31. The summed E-state index contributed by atoms with van der Waals surface area (Å²) < 4.78 is 0.328. The molecule has 5 heteroatoms. The molecule has 0 aromatic heterocycles. The number of carboxylic acid groups (broad SMARTS) is 1. The van der Waals surface area contributed by atoms with Crippen LogP contribution in [0.25, 0.3) is 0 Å². The van der Waals surface area contributed by atoms with Crippen molar-refractivity contribution >= 4 is 34.5 Å². The van der Waals surface area contributed by atoms with Crippen molar-refractivity contribution in [3.63, 3.8) is 0 Å². The number of carbonyl (C=O) groups excluding carboxylic acids is 1. The van der Waals surface area contributed by atoms with Gasteiger partial charge in [-0.1, -0.05) is 91.8 Å². The van der Waals surface area contributed by atoms with Gasteiger partial charge in [-0.05, 0) is 61.3 Å². The van der Waals surface area contributed by atoms with Gasteiger partial charge in [0, 0.05) is 3.42 Å². The van der Waals surface area contributed by atoms with Gasteiger partial charge in [0.15, 0.2) is 6.04 Å². The Kier molecular flexibility index (Phi) is 6.03. The summed E-state index contributed by atoms with van der Waals surface area (Å²) in [5.74, 6) is -0.242. The van der Waals surface area contributed by atoms with Crippen molar-refractivity contribution in [1.82, 2.24) is 5.32 Å². The topological polar surface area (TPSA) is 66.4 Å². The molecule has 0 heterocycles. The minimum atomic E-state index is -1.01. The number of hydrogen-bond acceptors (Lipinski definition) is 2. The van der Waals surface area contributed by atoms with E-state index in [1.807, 2.05) is 18.2 Å². The molecule has 168 valence electrons. The van der Waals surface area contributed by atoms with Gasteiger partial charge in [-0.25, -0.2) is 4.79 Å². The van der Waals surface area contributed by atoms with Crippen molar-refractivity contribution in [3.8, 4) is 0 Å². The average Bonchev–Trinajstić information content (AvgIpc) is 2.71. The van der Waals surface area contributed by atoms with Crippen LogP contribution < -0.4 is 5.32 Å². The molecule has 0 saturated heterocycles. The van der Waals surface area contributed by atoms with Crippen LogP contribution in [0, 0.1) is 22.7 Å². The molecule has 3 aliphatic rings. The molecule has 4 nitrogen and oxygen atoms in total. The van der Waals surface area contributed by atoms with Crippen molar-refractivity contribution in [2.75, 3.05) is 0 Å². The first-order chi connectivity index (χ1) is 14.6. The molecular weight excluding hydrogens is 501 g/mol. The molecule has 4 rings (SSSR count). The fourth-order valence-corrected chi connectivity index (χ4v) is 7.63. The predicted octanol–water partition coefficient (Wildman–Crippen LogP) is 6.07. The number of amides is 1. The summed E-state index contributed by atoms with van der Waals surface area (Å²) in [6.45, 7) is 6.81. The summed E-state index contributed by atoms with van der Waals surface area (Å²) in [7, 11) is 0. The highest BCUT2D eigenvalue weighted by Crippen LogP contribution is 2.63. The molecule has 2 N–H and O–H groups in total. The van der Waals surface area contributed by atoms with E-state index in [9.17, 15) is 14.7 Å². The van der Waals surface area contributed by atoms with E-state index in [2.05, 4.69) is 54.8 Å². The van der Waals surface area contributed by atoms with Crippen molar-refractivity contribution in [2.24, 2.45) is 22.7 Å². The molecule has 0 aliphatic heterocycles. The first-order valence-corrected chi connectivity index (χ1v) is 12.6. The van der Waals surface area contributed by atoms with Crippen molar-refractivity contribution in [1.29, 1.82) is 0 Å². The molecule has 1 amide bonds. The lowest BCUT2D eigenvalue weighted by Crippen LogP contribution is -2.56. The number of nitrogens with one attached hydrogen (secondary N) is 1. The van der Waals surface area contributed by atoms with Crippen LogP contribution in [0.5, 0.6) is 0 Å². The molecular formula is C26H34INO3. The van der Waals surface area contributed by atoms with Gasteiger partial charge in [0.25, 0.3) is 0 Å². The van der Waals surface area contributed by atoms with Gasteiger partial charge in [-0.3, -0.25) is 4.79 Å². The van der Waals surface area contributed by atoms with E-state index in [4.69, 9.17) is 0 Å². The number of aliphatic carboxylic acids is 1. The molecule has 1 aromatic carbocycles. The normalized spacial score (nSPS) is 38.3. The van der Waals surface area contributed by atoms with E-state index in [1.54, 1.807) is 17.7 Å². The second-order valence-electron chi connectivity index (χ2n) is 10.7. The van der Waals surface area contributed by atoms with Crippen LogP contribution in [0.15, 0.2) is 42.0 Å². The number of hydrogen-bond donors (Lipinski definition) is 2. The van der Waals surface area contributed by atoms with Crippen molar-refractivity contribution in [2.45, 2.75) is 75.2 Å². The van der Waals surface area contributed by atoms with Crippen molar-refractivity contribution < 1.29 is 14.7 Å². The monoisotopic (exact) mass is 535 g/mol. The molecule has 0 bridgehead atoms. The summed E-state index contributed by atoms with van der Waals surface area (Å²) in [4.78, 5) is 25.7. The Morgan fingerprint density at radius 2 is 1.84 bits per heavy atom. The van der Waals surface area contributed by atoms with E-state index < -0.39 is 17.4 Å². The Morgan fingerprint density at radius 1 is 1.13 bits per heavy atom. The number of fused-ring (bicyclic) bond motifs is 3. The minimum absolute atomic E-state index is 0.0336. The molecule has 2 fully saturated rings. The summed E-state index contributed by atoms with van der Waals surface area (Å²) in [6.07, 6.45) is 9.93. The Labute approximate surface area is 199 Å². The molecule has 6 atom stereocenters. The molecule has 2 saturated carbocycles. The van der Waals surface area contributed by atoms with E-state index in [0.29, 0.717) is 14.9 Å². The number of carbonyl (C=O) groups is 2. The number of carboxylic acids is 1. The lowest BCUT2D eigenvalue weighted by Gasteiger charge is -2.58. The zero-order chi connectivity index (χ0) is 22.4. The smallest absolute Gasteiger partial charge is 0.330 e. The fraction of sp³-hybridized carbons (Fsp3) is 0.615. The van der Waals surface area contributed by atoms with Crippen LogP contribution in [-0.2, 0) is 9.59 Å². The van der Waals surface area contributed by atoms with Crippen LogP contribution in [0.1, 0.15) is 77.3 Å². The largest absolute Gasteiger partial charge is 0.479 e. The highest BCUT2D eigenvalue weighted by molar-refractivity contribution is 14.1. The maximum Gasteiger partial charge on any atom is 0.330 e. The highest BCUT2D eigenvalue weighted by Gasteiger charge is 2.57. The summed E-state index contributed by atoms with van der Waals surface area (Å²) in [6, 6.07) is 8.01. The summed E-state index contributed by atoms with van der Waals surface area (Å²) >= 11 is 2.61. The first-order valence-electron chi connectivity index (χ1n) is 11.5. The minimum Gasteiger partial charge on any atom is -0.479 e. The number of alkyl halides is 1. The maximum atomic E-state index is 13.7. The van der Waals surface area contributed by atoms with Crippen LogP contribution in [0.2, 0.25) is 0 Å². The fourth-order valence-electron chi connectivity index (χ4n) is 6.88. The van der Waals surface area contributed by atoms with Gasteiger partial charge in [0.1, 0.15) is 0 Å². The van der Waals surface area contributed by atoms with Crippen LogP contribution >= 0.6 is 22.6 Å². The van der Waals surface area contributed by atoms with Crippen LogP contribution in [0.3, 0.4) is 0 Å². The average molecular weight is 535 g/mol. The summed E-state index contributed by atoms with van der Waals surface area (Å²) in [5, 5.41) is 12.7. The number of halogens is 1. The first kappa shape index (κ1) is 22.8.